The lowest BCUT2D eigenvalue weighted by Gasteiger charge is -2.07. The number of nitrogens with one attached hydrogen (secondary N) is 1. The van der Waals surface area contributed by atoms with Crippen molar-refractivity contribution in [2.24, 2.45) is 12.2 Å². The first kappa shape index (κ1) is 15.3. The van der Waals surface area contributed by atoms with Crippen molar-refractivity contribution >= 4 is 11.6 Å². The summed E-state index contributed by atoms with van der Waals surface area (Å²) in [7, 11) is 1.83. The van der Waals surface area contributed by atoms with Gasteiger partial charge in [0.05, 0.1) is 24.1 Å². The van der Waals surface area contributed by atoms with E-state index in [0.29, 0.717) is 12.2 Å². The average Bonchev–Trinajstić information content (AvgIpc) is 3.25. The Labute approximate surface area is 133 Å². The van der Waals surface area contributed by atoms with Gasteiger partial charge in [-0.15, -0.1) is 0 Å². The number of carbonyl (C=O) groups is 1. The molecule has 0 aliphatic carbocycles. The molecule has 2 aromatic rings. The summed E-state index contributed by atoms with van der Waals surface area (Å²) in [5, 5.41) is 14.8. The number of aryl methyl sites for hydroxylation is 2. The number of oxime groups is 1. The van der Waals surface area contributed by atoms with E-state index >= 15 is 0 Å². The molecular formula is C15H19N5O3. The van der Waals surface area contributed by atoms with Crippen molar-refractivity contribution in [2.45, 2.75) is 38.8 Å². The Morgan fingerprint density at radius 1 is 1.52 bits per heavy atom. The average molecular weight is 317 g/mol. The van der Waals surface area contributed by atoms with Gasteiger partial charge in [-0.3, -0.25) is 9.48 Å². The number of amides is 1. The maximum atomic E-state index is 12.1. The van der Waals surface area contributed by atoms with Gasteiger partial charge in [0.25, 0.3) is 5.91 Å². The summed E-state index contributed by atoms with van der Waals surface area (Å²) in [5.41, 5.74) is 2.49. The fourth-order valence-electron chi connectivity index (χ4n) is 2.36. The highest BCUT2D eigenvalue weighted by Gasteiger charge is 2.29. The first-order chi connectivity index (χ1) is 11.2. The summed E-state index contributed by atoms with van der Waals surface area (Å²) < 4.78 is 6.86. The second-order valence-electron chi connectivity index (χ2n) is 5.49. The zero-order chi connectivity index (χ0) is 16.2. The molecule has 3 rings (SSSR count). The summed E-state index contributed by atoms with van der Waals surface area (Å²) in [6.07, 6.45) is 5.21. The summed E-state index contributed by atoms with van der Waals surface area (Å²) in [6.45, 7) is 2.37. The van der Waals surface area contributed by atoms with E-state index in [1.54, 1.807) is 10.9 Å². The highest BCUT2D eigenvalue weighted by Crippen LogP contribution is 2.16. The molecule has 8 nitrogen and oxygen atoms in total. The van der Waals surface area contributed by atoms with Gasteiger partial charge in [0.2, 0.25) is 6.10 Å². The van der Waals surface area contributed by atoms with Crippen molar-refractivity contribution in [1.82, 2.24) is 20.3 Å². The van der Waals surface area contributed by atoms with Crippen LogP contribution < -0.4 is 5.32 Å². The van der Waals surface area contributed by atoms with Gasteiger partial charge in [0, 0.05) is 31.3 Å². The van der Waals surface area contributed by atoms with E-state index in [4.69, 9.17) is 9.36 Å². The smallest absolute Gasteiger partial charge is 0.264 e. The number of carbonyl (C=O) groups excluding carboxylic acids is 1. The highest BCUT2D eigenvalue weighted by atomic mass is 16.6. The molecule has 0 bridgehead atoms. The predicted molar refractivity (Wildman–Crippen MR) is 81.6 cm³/mol. The molecule has 23 heavy (non-hydrogen) atoms. The van der Waals surface area contributed by atoms with Crippen LogP contribution in [0, 0.1) is 0 Å². The highest BCUT2D eigenvalue weighted by molar-refractivity contribution is 6.03. The van der Waals surface area contributed by atoms with Crippen molar-refractivity contribution in [3.63, 3.8) is 0 Å². The van der Waals surface area contributed by atoms with E-state index in [2.05, 4.69) is 27.7 Å². The largest absolute Gasteiger partial charge is 0.382 e. The van der Waals surface area contributed by atoms with Gasteiger partial charge in [-0.25, -0.2) is 0 Å². The predicted octanol–water partition coefficient (Wildman–Crippen LogP) is 1.17. The third kappa shape index (κ3) is 3.58. The van der Waals surface area contributed by atoms with E-state index in [9.17, 15) is 4.79 Å². The SMILES string of the molecule is CCCc1cc(CNC(=O)[C@@H]2CC(c3cnn(C)c3)=NO2)on1. The quantitative estimate of drug-likeness (QED) is 0.863. The zero-order valence-electron chi connectivity index (χ0n) is 13.2. The molecule has 122 valence electrons. The van der Waals surface area contributed by atoms with Crippen LogP contribution in [0.5, 0.6) is 0 Å². The molecular weight excluding hydrogens is 298 g/mol. The van der Waals surface area contributed by atoms with Crippen LogP contribution in [0.3, 0.4) is 0 Å². The number of nitrogens with zero attached hydrogens (tertiary/aromatic N) is 4. The van der Waals surface area contributed by atoms with E-state index in [1.807, 2.05) is 19.3 Å². The van der Waals surface area contributed by atoms with Gasteiger partial charge in [0.1, 0.15) is 0 Å². The molecule has 0 fully saturated rings. The van der Waals surface area contributed by atoms with E-state index in [1.165, 1.54) is 0 Å². The summed E-state index contributed by atoms with van der Waals surface area (Å²) in [6, 6.07) is 1.86. The second kappa shape index (κ2) is 6.64. The van der Waals surface area contributed by atoms with Crippen LogP contribution in [0.4, 0.5) is 0 Å². The lowest BCUT2D eigenvalue weighted by atomic mass is 10.1. The van der Waals surface area contributed by atoms with Crippen LogP contribution in [-0.2, 0) is 29.6 Å². The summed E-state index contributed by atoms with van der Waals surface area (Å²) in [4.78, 5) is 17.4. The summed E-state index contributed by atoms with van der Waals surface area (Å²) >= 11 is 0. The number of hydrogen-bond acceptors (Lipinski definition) is 6. The molecule has 0 unspecified atom stereocenters. The molecule has 3 heterocycles. The fourth-order valence-corrected chi connectivity index (χ4v) is 2.36. The van der Waals surface area contributed by atoms with Crippen LogP contribution >= 0.6 is 0 Å². The summed E-state index contributed by atoms with van der Waals surface area (Å²) in [5.74, 6) is 0.411. The Balaban J connectivity index is 1.50. The van der Waals surface area contributed by atoms with Crippen molar-refractivity contribution < 1.29 is 14.2 Å². The molecule has 8 heteroatoms. The van der Waals surface area contributed by atoms with Crippen LogP contribution in [-0.4, -0.2) is 32.7 Å². The van der Waals surface area contributed by atoms with Gasteiger partial charge in [0.15, 0.2) is 5.76 Å². The van der Waals surface area contributed by atoms with Crippen molar-refractivity contribution in [3.8, 4) is 0 Å². The second-order valence-corrected chi connectivity index (χ2v) is 5.49. The molecule has 0 radical (unpaired) electrons. The van der Waals surface area contributed by atoms with Gasteiger partial charge in [-0.2, -0.15) is 5.10 Å². The normalized spacial score (nSPS) is 17.0. The Hall–Kier alpha value is -2.64. The molecule has 0 aromatic carbocycles. The van der Waals surface area contributed by atoms with Crippen LogP contribution in [0.1, 0.15) is 36.8 Å². The molecule has 1 atom stereocenters. The fraction of sp³-hybridized carbons (Fsp3) is 0.467. The van der Waals surface area contributed by atoms with Gasteiger partial charge in [-0.1, -0.05) is 23.7 Å². The van der Waals surface area contributed by atoms with E-state index in [-0.39, 0.29) is 12.5 Å². The third-order valence-electron chi connectivity index (χ3n) is 3.55. The molecule has 0 spiro atoms. The van der Waals surface area contributed by atoms with E-state index < -0.39 is 6.10 Å². The third-order valence-corrected chi connectivity index (χ3v) is 3.55. The molecule has 1 aliphatic heterocycles. The van der Waals surface area contributed by atoms with Crippen molar-refractivity contribution in [2.75, 3.05) is 0 Å². The minimum Gasteiger partial charge on any atom is -0.382 e. The maximum absolute atomic E-state index is 12.1. The van der Waals surface area contributed by atoms with Gasteiger partial charge < -0.3 is 14.7 Å². The molecule has 1 N–H and O–H groups in total. The standard InChI is InChI=1S/C15H19N5O3/c1-3-4-11-5-12(22-18-11)8-16-15(21)14-6-13(19-23-14)10-7-17-20(2)9-10/h5,7,9,14H,3-4,6,8H2,1-2H3,(H,16,21)/t14-/m0/s1. The molecule has 2 aromatic heterocycles. The van der Waals surface area contributed by atoms with Gasteiger partial charge in [-0.05, 0) is 6.42 Å². The number of rotatable bonds is 6. The molecule has 1 amide bonds. The minimum absolute atomic E-state index is 0.221. The first-order valence-electron chi connectivity index (χ1n) is 7.59. The Bertz CT molecular complexity index is 718. The number of aromatic nitrogens is 3. The molecule has 0 saturated heterocycles. The lowest BCUT2D eigenvalue weighted by Crippen LogP contribution is -2.34. The Morgan fingerprint density at radius 2 is 2.39 bits per heavy atom. The minimum atomic E-state index is -0.622. The van der Waals surface area contributed by atoms with Crippen LogP contribution in [0.15, 0.2) is 28.1 Å². The van der Waals surface area contributed by atoms with Crippen LogP contribution in [0.25, 0.3) is 0 Å². The molecule has 0 saturated carbocycles. The first-order valence-corrected chi connectivity index (χ1v) is 7.59. The van der Waals surface area contributed by atoms with Crippen molar-refractivity contribution in [3.05, 3.63) is 35.5 Å². The topological polar surface area (TPSA) is 94.5 Å². The van der Waals surface area contributed by atoms with Crippen molar-refractivity contribution in [1.29, 1.82) is 0 Å². The Kier molecular flexibility index (Phi) is 4.40. The Morgan fingerprint density at radius 3 is 3.13 bits per heavy atom. The van der Waals surface area contributed by atoms with Gasteiger partial charge >= 0.3 is 0 Å². The number of hydrogen-bond donors (Lipinski definition) is 1. The molecule has 1 aliphatic rings. The zero-order valence-corrected chi connectivity index (χ0v) is 13.2. The monoisotopic (exact) mass is 317 g/mol. The lowest BCUT2D eigenvalue weighted by molar-refractivity contribution is -0.131. The maximum Gasteiger partial charge on any atom is 0.264 e. The van der Waals surface area contributed by atoms with Crippen LogP contribution in [0.2, 0.25) is 0 Å². The van der Waals surface area contributed by atoms with E-state index in [0.717, 1.165) is 29.8 Å².